The molecule has 0 spiro atoms. The molecule has 3 heterocycles. The van der Waals surface area contributed by atoms with Crippen molar-refractivity contribution in [1.29, 1.82) is 0 Å². The summed E-state index contributed by atoms with van der Waals surface area (Å²) in [7, 11) is 0. The van der Waals surface area contributed by atoms with Crippen LogP contribution in [0.15, 0.2) is 121 Å². The summed E-state index contributed by atoms with van der Waals surface area (Å²) < 4.78 is 0. The largest absolute Gasteiger partial charge is 0.359 e. The molecule has 2 fully saturated rings. The molecule has 200 valence electrons. The Balaban J connectivity index is 1.32. The molecule has 2 saturated heterocycles. The summed E-state index contributed by atoms with van der Waals surface area (Å²) in [5.74, 6) is -3.03. The first-order chi connectivity index (χ1) is 19.9. The van der Waals surface area contributed by atoms with Gasteiger partial charge in [0.1, 0.15) is 6.04 Å². The maximum absolute atomic E-state index is 14.1. The normalized spacial score (nSPS) is 23.0. The van der Waals surface area contributed by atoms with Crippen LogP contribution < -0.4 is 4.90 Å². The Hall–Kier alpha value is -4.81. The number of hydrogen-bond donors (Lipinski definition) is 0. The van der Waals surface area contributed by atoms with Crippen LogP contribution in [0.4, 0.5) is 5.69 Å². The third-order valence-electron chi connectivity index (χ3n) is 8.23. The second-order valence-electron chi connectivity index (χ2n) is 10.5. The quantitative estimate of drug-likeness (QED) is 0.226. The summed E-state index contributed by atoms with van der Waals surface area (Å²) in [6.07, 6.45) is 5.07. The average molecular weight is 559 g/mol. The molecule has 7 rings (SSSR count). The van der Waals surface area contributed by atoms with E-state index in [4.69, 9.17) is 11.6 Å². The van der Waals surface area contributed by atoms with Crippen molar-refractivity contribution in [3.8, 4) is 0 Å². The van der Waals surface area contributed by atoms with Crippen LogP contribution in [0.2, 0.25) is 5.02 Å². The van der Waals surface area contributed by atoms with Gasteiger partial charge in [0.05, 0.1) is 23.6 Å². The number of fused-ring (bicyclic) bond motifs is 4. The molecule has 4 aromatic carbocycles. The first-order valence-corrected chi connectivity index (χ1v) is 13.7. The fourth-order valence-corrected chi connectivity index (χ4v) is 6.44. The highest BCUT2D eigenvalue weighted by molar-refractivity contribution is 6.30. The van der Waals surface area contributed by atoms with E-state index < -0.39 is 29.8 Å². The number of ketones is 2. The molecule has 0 radical (unpaired) electrons. The summed E-state index contributed by atoms with van der Waals surface area (Å²) >= 11 is 6.06. The Morgan fingerprint density at radius 2 is 1.39 bits per heavy atom. The monoisotopic (exact) mass is 558 g/mol. The van der Waals surface area contributed by atoms with Crippen LogP contribution in [-0.2, 0) is 9.59 Å². The van der Waals surface area contributed by atoms with Crippen molar-refractivity contribution >= 4 is 51.4 Å². The number of Topliss-reactive ketones (excluding diaryl/α,β-unsaturated/α-hetero) is 2. The Bertz CT molecular complexity index is 1810. The molecule has 3 aliphatic heterocycles. The van der Waals surface area contributed by atoms with Gasteiger partial charge in [0.25, 0.3) is 0 Å². The van der Waals surface area contributed by atoms with E-state index in [9.17, 15) is 19.2 Å². The van der Waals surface area contributed by atoms with Gasteiger partial charge in [-0.1, -0.05) is 78.3 Å². The van der Waals surface area contributed by atoms with E-state index in [-0.39, 0.29) is 17.5 Å². The minimum absolute atomic E-state index is 0.186. The van der Waals surface area contributed by atoms with Gasteiger partial charge in [-0.15, -0.1) is 0 Å². The van der Waals surface area contributed by atoms with Gasteiger partial charge in [0, 0.05) is 27.9 Å². The van der Waals surface area contributed by atoms with Crippen LogP contribution in [0, 0.1) is 11.8 Å². The van der Waals surface area contributed by atoms with Gasteiger partial charge < -0.3 is 4.90 Å². The second-order valence-corrected chi connectivity index (χ2v) is 10.9. The highest BCUT2D eigenvalue weighted by Gasteiger charge is 2.63. The van der Waals surface area contributed by atoms with Gasteiger partial charge in [0.15, 0.2) is 11.6 Å². The highest BCUT2D eigenvalue weighted by Crippen LogP contribution is 2.47. The highest BCUT2D eigenvalue weighted by atomic mass is 35.5. The molecule has 0 aliphatic carbocycles. The van der Waals surface area contributed by atoms with Gasteiger partial charge in [-0.25, -0.2) is 4.90 Å². The lowest BCUT2D eigenvalue weighted by molar-refractivity contribution is -0.123. The molecule has 7 heteroatoms. The van der Waals surface area contributed by atoms with E-state index >= 15 is 0 Å². The Labute approximate surface area is 241 Å². The van der Waals surface area contributed by atoms with Crippen LogP contribution in [-0.4, -0.2) is 40.4 Å². The lowest BCUT2D eigenvalue weighted by Crippen LogP contribution is -2.46. The molecule has 4 aromatic rings. The van der Waals surface area contributed by atoms with Crippen molar-refractivity contribution < 1.29 is 19.2 Å². The minimum atomic E-state index is -0.922. The number of anilines is 1. The number of amides is 2. The zero-order valence-electron chi connectivity index (χ0n) is 21.7. The average Bonchev–Trinajstić information content (AvgIpc) is 3.48. The molecule has 6 nitrogen and oxygen atoms in total. The first-order valence-electron chi connectivity index (χ1n) is 13.4. The van der Waals surface area contributed by atoms with Crippen molar-refractivity contribution in [2.24, 2.45) is 11.8 Å². The zero-order valence-corrected chi connectivity index (χ0v) is 22.4. The summed E-state index contributed by atoms with van der Waals surface area (Å²) in [5, 5.41) is 2.37. The maximum Gasteiger partial charge on any atom is 0.240 e. The molecular formula is C34H23ClN2O4. The van der Waals surface area contributed by atoms with Crippen LogP contribution in [0.1, 0.15) is 20.7 Å². The SMILES string of the molecule is O=C(C1=C[C@@H]2[C@@H]3C(=O)N(c4ccc5ccccc5c4)C(=O)[C@@H]3[C@H](C(=O)c3ccc(Cl)cc3)N2C=C1)c1ccccc1. The topological polar surface area (TPSA) is 74.8 Å². The summed E-state index contributed by atoms with van der Waals surface area (Å²) in [6, 6.07) is 27.0. The van der Waals surface area contributed by atoms with Gasteiger partial charge in [-0.3, -0.25) is 19.2 Å². The molecular weight excluding hydrogens is 536 g/mol. The number of carbonyl (C=O) groups excluding carboxylic acids is 4. The van der Waals surface area contributed by atoms with E-state index in [1.165, 1.54) is 4.90 Å². The van der Waals surface area contributed by atoms with Crippen molar-refractivity contribution in [1.82, 2.24) is 4.90 Å². The van der Waals surface area contributed by atoms with Crippen molar-refractivity contribution in [3.63, 3.8) is 0 Å². The van der Waals surface area contributed by atoms with Gasteiger partial charge in [0.2, 0.25) is 11.8 Å². The molecule has 2 amide bonds. The predicted molar refractivity (Wildman–Crippen MR) is 157 cm³/mol. The number of allylic oxidation sites excluding steroid dienone is 2. The van der Waals surface area contributed by atoms with Gasteiger partial charge >= 0.3 is 0 Å². The smallest absolute Gasteiger partial charge is 0.240 e. The number of halogens is 1. The predicted octanol–water partition coefficient (Wildman–Crippen LogP) is 5.87. The molecule has 0 aromatic heterocycles. The third kappa shape index (κ3) is 4.02. The Kier molecular flexibility index (Phi) is 5.94. The fraction of sp³-hybridized carbons (Fsp3) is 0.118. The molecule has 0 bridgehead atoms. The van der Waals surface area contributed by atoms with Crippen molar-refractivity contribution in [3.05, 3.63) is 137 Å². The van der Waals surface area contributed by atoms with Crippen molar-refractivity contribution in [2.45, 2.75) is 12.1 Å². The maximum atomic E-state index is 14.1. The van der Waals surface area contributed by atoms with Gasteiger partial charge in [-0.2, -0.15) is 0 Å². The third-order valence-corrected chi connectivity index (χ3v) is 8.49. The van der Waals surface area contributed by atoms with E-state index in [0.717, 1.165) is 10.8 Å². The number of hydrogen-bond acceptors (Lipinski definition) is 5. The second kappa shape index (κ2) is 9.68. The van der Waals surface area contributed by atoms with E-state index in [1.807, 2.05) is 42.5 Å². The van der Waals surface area contributed by atoms with E-state index in [1.54, 1.807) is 77.8 Å². The number of rotatable bonds is 5. The van der Waals surface area contributed by atoms with E-state index in [2.05, 4.69) is 0 Å². The minimum Gasteiger partial charge on any atom is -0.359 e. The Morgan fingerprint density at radius 3 is 2.15 bits per heavy atom. The van der Waals surface area contributed by atoms with Crippen molar-refractivity contribution in [2.75, 3.05) is 4.90 Å². The molecule has 0 saturated carbocycles. The molecule has 0 N–H and O–H groups in total. The van der Waals surface area contributed by atoms with E-state index in [0.29, 0.717) is 27.4 Å². The number of carbonyl (C=O) groups is 4. The fourth-order valence-electron chi connectivity index (χ4n) is 6.31. The van der Waals surface area contributed by atoms with Crippen LogP contribution in [0.3, 0.4) is 0 Å². The lowest BCUT2D eigenvalue weighted by Gasteiger charge is -2.32. The van der Waals surface area contributed by atoms with Crippen LogP contribution in [0.5, 0.6) is 0 Å². The first kappa shape index (κ1) is 25.2. The van der Waals surface area contributed by atoms with Crippen LogP contribution >= 0.6 is 11.6 Å². The summed E-state index contributed by atoms with van der Waals surface area (Å²) in [5.41, 5.74) is 1.80. The summed E-state index contributed by atoms with van der Waals surface area (Å²) in [4.78, 5) is 58.5. The Morgan fingerprint density at radius 1 is 0.707 bits per heavy atom. The molecule has 41 heavy (non-hydrogen) atoms. The number of benzene rings is 4. The standard InChI is InChI=1S/C34H23ClN2O4/c35-25-13-10-22(11-14-25)32(39)30-29-28(27-19-24(16-17-36(27)30)31(38)21-7-2-1-3-8-21)33(40)37(34(29)41)26-15-12-20-6-4-5-9-23(20)18-26/h1-19,27-30H/t27-,28+,29+,30-/m1/s1. The van der Waals surface area contributed by atoms with Crippen LogP contribution in [0.25, 0.3) is 10.8 Å². The number of imide groups is 1. The zero-order chi connectivity index (χ0) is 28.2. The molecule has 4 atom stereocenters. The summed E-state index contributed by atoms with van der Waals surface area (Å²) in [6.45, 7) is 0. The van der Waals surface area contributed by atoms with Gasteiger partial charge in [-0.05, 0) is 53.2 Å². The lowest BCUT2D eigenvalue weighted by atomic mass is 9.85. The molecule has 3 aliphatic rings. The number of nitrogens with zero attached hydrogens (tertiary/aromatic N) is 2. The molecule has 0 unspecified atom stereocenters.